The standard InChI is InChI=1S/C6H13N.C6H6/c1-3-7-4-6(2)5-7;1-2-4-6-5-3-1/h6H,3-5H2,1-2H3;1-6H. The van der Waals surface area contributed by atoms with Gasteiger partial charge in [-0.2, -0.15) is 0 Å². The number of benzene rings is 1. The molecule has 1 aromatic rings. The molecular formula is C12H19N. The van der Waals surface area contributed by atoms with Gasteiger partial charge in [0.1, 0.15) is 0 Å². The lowest BCUT2D eigenvalue weighted by Gasteiger charge is -2.35. The topological polar surface area (TPSA) is 3.24 Å². The molecule has 1 nitrogen and oxygen atoms in total. The van der Waals surface area contributed by atoms with E-state index in [4.69, 9.17) is 0 Å². The van der Waals surface area contributed by atoms with E-state index in [0.29, 0.717) is 0 Å². The lowest BCUT2D eigenvalue weighted by Crippen LogP contribution is -2.44. The summed E-state index contributed by atoms with van der Waals surface area (Å²) in [6.07, 6.45) is 0. The maximum absolute atomic E-state index is 2.45. The van der Waals surface area contributed by atoms with Crippen molar-refractivity contribution in [2.45, 2.75) is 13.8 Å². The third-order valence-electron chi connectivity index (χ3n) is 2.25. The molecule has 1 heteroatoms. The SMILES string of the molecule is CCN1CC(C)C1.c1ccccc1. The molecular weight excluding hydrogens is 158 g/mol. The van der Waals surface area contributed by atoms with E-state index in [1.165, 1.54) is 19.6 Å². The Bertz CT molecular complexity index is 175. The Hall–Kier alpha value is -0.820. The minimum atomic E-state index is 0.972. The minimum absolute atomic E-state index is 0.972. The van der Waals surface area contributed by atoms with Crippen LogP contribution in [0.25, 0.3) is 0 Å². The number of hydrogen-bond acceptors (Lipinski definition) is 1. The maximum Gasteiger partial charge on any atom is 0.00192 e. The number of nitrogens with zero attached hydrogens (tertiary/aromatic N) is 1. The van der Waals surface area contributed by atoms with Crippen molar-refractivity contribution in [1.29, 1.82) is 0 Å². The number of hydrogen-bond donors (Lipinski definition) is 0. The molecule has 13 heavy (non-hydrogen) atoms. The number of likely N-dealkylation sites (tertiary alicyclic amines) is 1. The van der Waals surface area contributed by atoms with Crippen molar-refractivity contribution in [2.75, 3.05) is 19.6 Å². The molecule has 1 heterocycles. The van der Waals surface area contributed by atoms with E-state index >= 15 is 0 Å². The molecule has 0 N–H and O–H groups in total. The van der Waals surface area contributed by atoms with Crippen LogP contribution < -0.4 is 0 Å². The Balaban J connectivity index is 0.000000132. The summed E-state index contributed by atoms with van der Waals surface area (Å²) >= 11 is 0. The highest BCUT2D eigenvalue weighted by Crippen LogP contribution is 2.11. The molecule has 0 saturated carbocycles. The van der Waals surface area contributed by atoms with E-state index < -0.39 is 0 Å². The van der Waals surface area contributed by atoms with Crippen LogP contribution in [0, 0.1) is 5.92 Å². The van der Waals surface area contributed by atoms with Crippen molar-refractivity contribution in [3.05, 3.63) is 36.4 Å². The summed E-state index contributed by atoms with van der Waals surface area (Å²) in [7, 11) is 0. The van der Waals surface area contributed by atoms with Crippen LogP contribution in [-0.4, -0.2) is 24.5 Å². The van der Waals surface area contributed by atoms with Gasteiger partial charge in [-0.1, -0.05) is 50.2 Å². The molecule has 0 aliphatic carbocycles. The fraction of sp³-hybridized carbons (Fsp3) is 0.500. The lowest BCUT2D eigenvalue weighted by atomic mass is 10.0. The van der Waals surface area contributed by atoms with Gasteiger partial charge in [0.15, 0.2) is 0 Å². The summed E-state index contributed by atoms with van der Waals surface area (Å²) in [4.78, 5) is 2.45. The van der Waals surface area contributed by atoms with Gasteiger partial charge in [0.2, 0.25) is 0 Å². The van der Waals surface area contributed by atoms with Crippen molar-refractivity contribution in [1.82, 2.24) is 4.90 Å². The Morgan fingerprint density at radius 2 is 1.38 bits per heavy atom. The van der Waals surface area contributed by atoms with Crippen LogP contribution in [0.15, 0.2) is 36.4 Å². The molecule has 0 spiro atoms. The Labute approximate surface area is 81.4 Å². The second-order valence-electron chi connectivity index (χ2n) is 3.61. The van der Waals surface area contributed by atoms with Gasteiger partial charge in [-0.25, -0.2) is 0 Å². The van der Waals surface area contributed by atoms with Crippen LogP contribution in [0.4, 0.5) is 0 Å². The highest BCUT2D eigenvalue weighted by Gasteiger charge is 2.19. The fourth-order valence-corrected chi connectivity index (χ4v) is 1.47. The van der Waals surface area contributed by atoms with Gasteiger partial charge in [-0.15, -0.1) is 0 Å². The van der Waals surface area contributed by atoms with Crippen molar-refractivity contribution in [3.63, 3.8) is 0 Å². The minimum Gasteiger partial charge on any atom is -0.303 e. The summed E-state index contributed by atoms with van der Waals surface area (Å²) in [5.74, 6) is 0.972. The zero-order chi connectivity index (χ0) is 9.52. The predicted octanol–water partition coefficient (Wildman–Crippen LogP) is 2.64. The molecule has 1 fully saturated rings. The first kappa shape index (κ1) is 10.3. The highest BCUT2D eigenvalue weighted by molar-refractivity contribution is 4.99. The van der Waals surface area contributed by atoms with Gasteiger partial charge in [0.05, 0.1) is 0 Å². The van der Waals surface area contributed by atoms with Crippen LogP contribution >= 0.6 is 0 Å². The van der Waals surface area contributed by atoms with Crippen LogP contribution in [0.5, 0.6) is 0 Å². The first-order valence-electron chi connectivity index (χ1n) is 5.05. The first-order chi connectivity index (χ1) is 6.33. The average molecular weight is 177 g/mol. The third-order valence-corrected chi connectivity index (χ3v) is 2.25. The van der Waals surface area contributed by atoms with E-state index in [0.717, 1.165) is 5.92 Å². The van der Waals surface area contributed by atoms with Crippen LogP contribution in [0.1, 0.15) is 13.8 Å². The molecule has 0 amide bonds. The summed E-state index contributed by atoms with van der Waals surface area (Å²) in [5, 5.41) is 0. The fourth-order valence-electron chi connectivity index (χ4n) is 1.47. The van der Waals surface area contributed by atoms with Crippen LogP contribution in [0.3, 0.4) is 0 Å². The summed E-state index contributed by atoms with van der Waals surface area (Å²) in [6, 6.07) is 12.0. The zero-order valence-corrected chi connectivity index (χ0v) is 8.61. The quantitative estimate of drug-likeness (QED) is 0.637. The summed E-state index contributed by atoms with van der Waals surface area (Å²) in [5.41, 5.74) is 0. The van der Waals surface area contributed by atoms with Crippen LogP contribution in [-0.2, 0) is 0 Å². The molecule has 1 aromatic carbocycles. The third kappa shape index (κ3) is 4.09. The monoisotopic (exact) mass is 177 g/mol. The lowest BCUT2D eigenvalue weighted by molar-refractivity contribution is 0.121. The molecule has 1 aliphatic rings. The van der Waals surface area contributed by atoms with E-state index in [-0.39, 0.29) is 0 Å². The summed E-state index contributed by atoms with van der Waals surface area (Å²) in [6.45, 7) is 8.41. The molecule has 72 valence electrons. The molecule has 1 saturated heterocycles. The molecule has 0 unspecified atom stereocenters. The maximum atomic E-state index is 2.45. The van der Waals surface area contributed by atoms with Crippen molar-refractivity contribution < 1.29 is 0 Å². The van der Waals surface area contributed by atoms with Gasteiger partial charge < -0.3 is 4.90 Å². The second kappa shape index (κ2) is 5.76. The Kier molecular flexibility index (Phi) is 4.55. The first-order valence-corrected chi connectivity index (χ1v) is 5.05. The Morgan fingerprint density at radius 1 is 1.00 bits per heavy atom. The van der Waals surface area contributed by atoms with E-state index in [1.807, 2.05) is 36.4 Å². The second-order valence-corrected chi connectivity index (χ2v) is 3.61. The molecule has 1 aliphatic heterocycles. The molecule has 0 aromatic heterocycles. The normalized spacial score (nSPS) is 17.1. The van der Waals surface area contributed by atoms with Gasteiger partial charge in [-0.05, 0) is 12.5 Å². The number of rotatable bonds is 1. The van der Waals surface area contributed by atoms with E-state index in [2.05, 4.69) is 18.7 Å². The van der Waals surface area contributed by atoms with Gasteiger partial charge in [0.25, 0.3) is 0 Å². The highest BCUT2D eigenvalue weighted by atomic mass is 15.2. The van der Waals surface area contributed by atoms with Crippen molar-refractivity contribution >= 4 is 0 Å². The molecule has 0 bridgehead atoms. The molecule has 2 rings (SSSR count). The van der Waals surface area contributed by atoms with Gasteiger partial charge in [-0.3, -0.25) is 0 Å². The van der Waals surface area contributed by atoms with Gasteiger partial charge >= 0.3 is 0 Å². The zero-order valence-electron chi connectivity index (χ0n) is 8.61. The van der Waals surface area contributed by atoms with Crippen LogP contribution in [0.2, 0.25) is 0 Å². The van der Waals surface area contributed by atoms with E-state index in [1.54, 1.807) is 0 Å². The summed E-state index contributed by atoms with van der Waals surface area (Å²) < 4.78 is 0. The molecule has 0 radical (unpaired) electrons. The largest absolute Gasteiger partial charge is 0.303 e. The predicted molar refractivity (Wildman–Crippen MR) is 57.7 cm³/mol. The van der Waals surface area contributed by atoms with Gasteiger partial charge in [0, 0.05) is 13.1 Å². The molecule has 0 atom stereocenters. The van der Waals surface area contributed by atoms with Crippen molar-refractivity contribution in [2.24, 2.45) is 5.92 Å². The Morgan fingerprint density at radius 3 is 1.54 bits per heavy atom. The van der Waals surface area contributed by atoms with Crippen molar-refractivity contribution in [3.8, 4) is 0 Å². The van der Waals surface area contributed by atoms with E-state index in [9.17, 15) is 0 Å². The average Bonchev–Trinajstić information content (AvgIpc) is 2.17. The smallest absolute Gasteiger partial charge is 0.00192 e.